The normalized spacial score (nSPS) is 48.9. The molecule has 0 atom stereocenters. The summed E-state index contributed by atoms with van der Waals surface area (Å²) >= 11 is 0. The van der Waals surface area contributed by atoms with Gasteiger partial charge in [0.1, 0.15) is 6.61 Å². The van der Waals surface area contributed by atoms with Gasteiger partial charge in [0.15, 0.2) is 0 Å². The quantitative estimate of drug-likeness (QED) is 0.419. The van der Waals surface area contributed by atoms with Crippen LogP contribution in [-0.2, 0) is 4.74 Å². The highest BCUT2D eigenvalue weighted by atomic mass is 19.3. The van der Waals surface area contributed by atoms with Crippen LogP contribution in [0, 0.1) is 5.41 Å². The van der Waals surface area contributed by atoms with Crippen LogP contribution in [0.1, 0.15) is 0 Å². The van der Waals surface area contributed by atoms with Gasteiger partial charge in [0.25, 0.3) is 0 Å². The minimum Gasteiger partial charge on any atom is -0.501 e. The maximum absolute atomic E-state index is 14.6. The Kier molecular flexibility index (Phi) is 3.48. The van der Waals surface area contributed by atoms with E-state index in [4.69, 9.17) is 0 Å². The number of halogens is 15. The number of hydrogen-bond acceptors (Lipinski definition) is 1. The van der Waals surface area contributed by atoms with E-state index in [9.17, 15) is 65.9 Å². The lowest BCUT2D eigenvalue weighted by Gasteiger charge is -2.75. The SMILES string of the molecule is C=COCC12C(F)(F)C3(F)C(F)(F)C(F)(C(F)(F)C(F)(C3(F)F)C1(F)F)C2(F)F. The van der Waals surface area contributed by atoms with Crippen molar-refractivity contribution in [2.45, 2.75) is 52.5 Å². The average molecular weight is 462 g/mol. The average Bonchev–Trinajstić information content (AvgIpc) is 2.55. The van der Waals surface area contributed by atoms with Crippen molar-refractivity contribution in [3.63, 3.8) is 0 Å². The van der Waals surface area contributed by atoms with Crippen LogP contribution in [0.15, 0.2) is 12.8 Å². The second-order valence-electron chi connectivity index (χ2n) is 6.80. The molecule has 0 unspecified atom stereocenters. The van der Waals surface area contributed by atoms with Gasteiger partial charge in [-0.2, -0.15) is 26.3 Å². The summed E-state index contributed by atoms with van der Waals surface area (Å²) in [5.74, 6) is -45.5. The van der Waals surface area contributed by atoms with Gasteiger partial charge < -0.3 is 4.74 Å². The first-order valence-corrected chi connectivity index (χ1v) is 7.12. The molecule has 0 aromatic rings. The Morgan fingerprint density at radius 1 is 0.483 bits per heavy atom. The Morgan fingerprint density at radius 2 is 0.724 bits per heavy atom. The Hall–Kier alpha value is -1.51. The Labute approximate surface area is 149 Å². The van der Waals surface area contributed by atoms with E-state index in [-0.39, 0.29) is 6.26 Å². The fraction of sp³-hybridized carbons (Fsp3) is 0.846. The predicted octanol–water partition coefficient (Wildman–Crippen LogP) is 5.11. The monoisotopic (exact) mass is 462 g/mol. The topological polar surface area (TPSA) is 9.23 Å². The van der Waals surface area contributed by atoms with Gasteiger partial charge in [0.05, 0.1) is 6.26 Å². The molecule has 0 aromatic heterocycles. The zero-order valence-electron chi connectivity index (χ0n) is 13.1. The zero-order valence-corrected chi connectivity index (χ0v) is 13.1. The number of ether oxygens (including phenoxy) is 1. The van der Waals surface area contributed by atoms with Gasteiger partial charge in [-0.15, -0.1) is 0 Å². The molecule has 4 bridgehead atoms. The van der Waals surface area contributed by atoms with Crippen LogP contribution in [-0.4, -0.2) is 59.1 Å². The molecule has 168 valence electrons. The molecular weight excluding hydrogens is 457 g/mol. The summed E-state index contributed by atoms with van der Waals surface area (Å²) in [6.07, 6.45) is -0.254. The van der Waals surface area contributed by atoms with Crippen molar-refractivity contribution in [2.75, 3.05) is 6.61 Å². The third kappa shape index (κ3) is 1.28. The van der Waals surface area contributed by atoms with Crippen molar-refractivity contribution in [2.24, 2.45) is 5.41 Å². The lowest BCUT2D eigenvalue weighted by molar-refractivity contribution is -0.614. The number of rotatable bonds is 3. The lowest BCUT2D eigenvalue weighted by Crippen LogP contribution is -3.08. The van der Waals surface area contributed by atoms with Gasteiger partial charge in [0, 0.05) is 0 Å². The molecule has 0 aliphatic heterocycles. The molecule has 0 aromatic carbocycles. The summed E-state index contributed by atoms with van der Waals surface area (Å²) in [6, 6.07) is 0. The van der Waals surface area contributed by atoms with E-state index in [0.29, 0.717) is 0 Å². The Bertz CT molecular complexity index is 672. The first-order chi connectivity index (χ1) is 12.6. The standard InChI is InChI=1S/C13H5F15O/c1-2-29-3-4-8(17,18)5(14)11(23,24)6(15,9(4,19)20)13(27,28)7(16,10(4,21)22)12(5,25)26/h2H,1,3H2. The van der Waals surface area contributed by atoms with Gasteiger partial charge in [-0.1, -0.05) is 6.58 Å². The van der Waals surface area contributed by atoms with Gasteiger partial charge in [0.2, 0.25) is 5.41 Å². The Balaban J connectivity index is 2.68. The molecule has 4 aliphatic carbocycles. The molecule has 0 radical (unpaired) electrons. The molecule has 4 aliphatic rings. The molecule has 0 heterocycles. The van der Waals surface area contributed by atoms with Crippen molar-refractivity contribution < 1.29 is 70.6 Å². The van der Waals surface area contributed by atoms with Crippen LogP contribution in [0.25, 0.3) is 0 Å². The summed E-state index contributed by atoms with van der Waals surface area (Å²) < 4.78 is 218. The number of hydrogen-bond donors (Lipinski definition) is 0. The van der Waals surface area contributed by atoms with Crippen LogP contribution in [0.5, 0.6) is 0 Å². The van der Waals surface area contributed by atoms with E-state index in [0.717, 1.165) is 0 Å². The maximum Gasteiger partial charge on any atom is 0.339 e. The lowest BCUT2D eigenvalue weighted by atomic mass is 9.36. The third-order valence-electron chi connectivity index (χ3n) is 5.92. The first kappa shape index (κ1) is 22.2. The molecular formula is C13H5F15O. The van der Waals surface area contributed by atoms with Crippen LogP contribution in [0.4, 0.5) is 65.9 Å². The van der Waals surface area contributed by atoms with Gasteiger partial charge >= 0.3 is 52.5 Å². The third-order valence-corrected chi connectivity index (χ3v) is 5.92. The van der Waals surface area contributed by atoms with Crippen LogP contribution >= 0.6 is 0 Å². The van der Waals surface area contributed by atoms with Crippen molar-refractivity contribution in [1.29, 1.82) is 0 Å². The van der Waals surface area contributed by atoms with Gasteiger partial charge in [-0.25, -0.2) is 39.5 Å². The van der Waals surface area contributed by atoms with Crippen molar-refractivity contribution >= 4 is 0 Å². The predicted molar refractivity (Wildman–Crippen MR) is 59.8 cm³/mol. The zero-order chi connectivity index (χ0) is 23.1. The number of alkyl halides is 15. The van der Waals surface area contributed by atoms with Crippen LogP contribution < -0.4 is 0 Å². The minimum absolute atomic E-state index is 0.254. The largest absolute Gasteiger partial charge is 0.501 e. The van der Waals surface area contributed by atoms with Crippen LogP contribution in [0.2, 0.25) is 0 Å². The highest BCUT2D eigenvalue weighted by molar-refractivity contribution is 5.52. The van der Waals surface area contributed by atoms with Crippen LogP contribution in [0.3, 0.4) is 0 Å². The second-order valence-corrected chi connectivity index (χ2v) is 6.80. The smallest absolute Gasteiger partial charge is 0.339 e. The molecule has 0 spiro atoms. The molecule has 4 saturated carbocycles. The first-order valence-electron chi connectivity index (χ1n) is 7.12. The minimum atomic E-state index is -7.76. The molecule has 4 fully saturated rings. The molecule has 0 amide bonds. The highest BCUT2D eigenvalue weighted by Gasteiger charge is 3.22. The fourth-order valence-electron chi connectivity index (χ4n) is 4.42. The summed E-state index contributed by atoms with van der Waals surface area (Å²) in [4.78, 5) is 0. The van der Waals surface area contributed by atoms with Crippen molar-refractivity contribution in [1.82, 2.24) is 0 Å². The maximum atomic E-state index is 14.6. The molecule has 4 rings (SSSR count). The fourth-order valence-corrected chi connectivity index (χ4v) is 4.42. The molecule has 16 heteroatoms. The highest BCUT2D eigenvalue weighted by Crippen LogP contribution is 2.90. The van der Waals surface area contributed by atoms with Gasteiger partial charge in [-0.3, -0.25) is 0 Å². The summed E-state index contributed by atoms with van der Waals surface area (Å²) in [7, 11) is 0. The van der Waals surface area contributed by atoms with E-state index < -0.39 is 64.6 Å². The summed E-state index contributed by atoms with van der Waals surface area (Å²) in [6.45, 7) is -0.751. The van der Waals surface area contributed by atoms with E-state index in [1.807, 2.05) is 0 Å². The molecule has 0 saturated heterocycles. The van der Waals surface area contributed by atoms with Crippen molar-refractivity contribution in [3.8, 4) is 0 Å². The molecule has 29 heavy (non-hydrogen) atoms. The van der Waals surface area contributed by atoms with E-state index in [2.05, 4.69) is 11.3 Å². The van der Waals surface area contributed by atoms with E-state index in [1.165, 1.54) is 0 Å². The molecule has 0 N–H and O–H groups in total. The molecule has 1 nitrogen and oxygen atoms in total. The summed E-state index contributed by atoms with van der Waals surface area (Å²) in [5, 5.41) is 0. The Morgan fingerprint density at radius 3 is 0.931 bits per heavy atom. The van der Waals surface area contributed by atoms with E-state index in [1.54, 1.807) is 0 Å². The van der Waals surface area contributed by atoms with Gasteiger partial charge in [-0.05, 0) is 0 Å². The summed E-state index contributed by atoms with van der Waals surface area (Å²) in [5.41, 5.74) is -29.3. The van der Waals surface area contributed by atoms with E-state index >= 15 is 0 Å². The second kappa shape index (κ2) is 4.55. The van der Waals surface area contributed by atoms with Crippen molar-refractivity contribution in [3.05, 3.63) is 12.8 Å².